The standard InChI is InChI=1S/C18H19N3O3/c1-12-11-15(7-8-16(12)21(23)24)19-13(2)18(22)20-10-9-14-5-3-4-6-17(14)20/h3-8,11,13,19H,9-10H2,1-2H3. The van der Waals surface area contributed by atoms with Crippen molar-refractivity contribution in [3.05, 3.63) is 63.7 Å². The van der Waals surface area contributed by atoms with E-state index in [1.54, 1.807) is 30.9 Å². The van der Waals surface area contributed by atoms with Crippen LogP contribution in [0.2, 0.25) is 0 Å². The first-order valence-electron chi connectivity index (χ1n) is 7.88. The number of carbonyl (C=O) groups is 1. The van der Waals surface area contributed by atoms with E-state index in [2.05, 4.69) is 5.32 Å². The van der Waals surface area contributed by atoms with Crippen LogP contribution in [-0.2, 0) is 11.2 Å². The lowest BCUT2D eigenvalue weighted by atomic mass is 10.1. The summed E-state index contributed by atoms with van der Waals surface area (Å²) in [7, 11) is 0. The molecule has 0 fully saturated rings. The molecule has 124 valence electrons. The lowest BCUT2D eigenvalue weighted by Crippen LogP contribution is -2.40. The molecule has 1 aliphatic rings. The molecule has 1 N–H and O–H groups in total. The van der Waals surface area contributed by atoms with Crippen LogP contribution in [0.4, 0.5) is 17.1 Å². The molecule has 0 aliphatic carbocycles. The van der Waals surface area contributed by atoms with Gasteiger partial charge in [0.05, 0.1) is 4.92 Å². The third-order valence-electron chi connectivity index (χ3n) is 4.30. The number of para-hydroxylation sites is 1. The molecule has 0 bridgehead atoms. The Morgan fingerprint density at radius 1 is 1.29 bits per heavy atom. The molecular formula is C18H19N3O3. The topological polar surface area (TPSA) is 75.5 Å². The van der Waals surface area contributed by atoms with Gasteiger partial charge in [0, 0.05) is 29.5 Å². The van der Waals surface area contributed by atoms with Gasteiger partial charge in [-0.05, 0) is 44.0 Å². The van der Waals surface area contributed by atoms with Crippen molar-refractivity contribution in [3.63, 3.8) is 0 Å². The molecule has 0 saturated heterocycles. The molecule has 0 radical (unpaired) electrons. The lowest BCUT2D eigenvalue weighted by Gasteiger charge is -2.23. The highest BCUT2D eigenvalue weighted by atomic mass is 16.6. The molecule has 1 aliphatic heterocycles. The van der Waals surface area contributed by atoms with Crippen LogP contribution >= 0.6 is 0 Å². The minimum absolute atomic E-state index is 0.00374. The van der Waals surface area contributed by atoms with Gasteiger partial charge in [-0.25, -0.2) is 0 Å². The number of aryl methyl sites for hydroxylation is 1. The zero-order valence-corrected chi connectivity index (χ0v) is 13.7. The van der Waals surface area contributed by atoms with E-state index in [-0.39, 0.29) is 11.6 Å². The highest BCUT2D eigenvalue weighted by molar-refractivity contribution is 6.00. The Morgan fingerprint density at radius 3 is 2.75 bits per heavy atom. The van der Waals surface area contributed by atoms with Crippen molar-refractivity contribution in [1.82, 2.24) is 0 Å². The highest BCUT2D eigenvalue weighted by Gasteiger charge is 2.27. The van der Waals surface area contributed by atoms with Crippen molar-refractivity contribution in [3.8, 4) is 0 Å². The van der Waals surface area contributed by atoms with Crippen molar-refractivity contribution in [1.29, 1.82) is 0 Å². The maximum absolute atomic E-state index is 12.7. The predicted octanol–water partition coefficient (Wildman–Crippen LogP) is 3.29. The molecular weight excluding hydrogens is 306 g/mol. The summed E-state index contributed by atoms with van der Waals surface area (Å²) in [6.45, 7) is 4.18. The first-order chi connectivity index (χ1) is 11.5. The fourth-order valence-electron chi connectivity index (χ4n) is 3.06. The van der Waals surface area contributed by atoms with E-state index >= 15 is 0 Å². The summed E-state index contributed by atoms with van der Waals surface area (Å²) >= 11 is 0. The number of rotatable bonds is 4. The molecule has 2 aromatic carbocycles. The Hall–Kier alpha value is -2.89. The van der Waals surface area contributed by atoms with E-state index in [1.807, 2.05) is 24.3 Å². The number of hydrogen-bond donors (Lipinski definition) is 1. The summed E-state index contributed by atoms with van der Waals surface area (Å²) in [5, 5.41) is 14.0. The SMILES string of the molecule is Cc1cc(NC(C)C(=O)N2CCc3ccccc32)ccc1[N+](=O)[O-]. The number of benzene rings is 2. The van der Waals surface area contributed by atoms with Gasteiger partial charge in [0.1, 0.15) is 6.04 Å². The summed E-state index contributed by atoms with van der Waals surface area (Å²) in [5.74, 6) is -0.00374. The summed E-state index contributed by atoms with van der Waals surface area (Å²) in [6.07, 6.45) is 0.866. The number of fused-ring (bicyclic) bond motifs is 1. The van der Waals surface area contributed by atoms with Crippen LogP contribution in [0.3, 0.4) is 0 Å². The quantitative estimate of drug-likeness (QED) is 0.691. The van der Waals surface area contributed by atoms with Gasteiger partial charge < -0.3 is 10.2 Å². The number of nitrogens with zero attached hydrogens (tertiary/aromatic N) is 2. The van der Waals surface area contributed by atoms with Gasteiger partial charge in [-0.15, -0.1) is 0 Å². The number of amides is 1. The van der Waals surface area contributed by atoms with Gasteiger partial charge in [-0.3, -0.25) is 14.9 Å². The van der Waals surface area contributed by atoms with Crippen LogP contribution in [-0.4, -0.2) is 23.4 Å². The smallest absolute Gasteiger partial charge is 0.272 e. The third-order valence-corrected chi connectivity index (χ3v) is 4.30. The van der Waals surface area contributed by atoms with Crippen LogP contribution < -0.4 is 10.2 Å². The monoisotopic (exact) mass is 325 g/mol. The molecule has 6 nitrogen and oxygen atoms in total. The zero-order chi connectivity index (χ0) is 17.3. The average molecular weight is 325 g/mol. The Kier molecular flexibility index (Phi) is 4.20. The maximum Gasteiger partial charge on any atom is 0.272 e. The first kappa shape index (κ1) is 16.0. The minimum Gasteiger partial charge on any atom is -0.374 e. The number of carbonyl (C=O) groups excluding carboxylic acids is 1. The Morgan fingerprint density at radius 2 is 2.04 bits per heavy atom. The van der Waals surface area contributed by atoms with E-state index in [0.717, 1.165) is 12.1 Å². The van der Waals surface area contributed by atoms with Gasteiger partial charge in [-0.2, -0.15) is 0 Å². The second kappa shape index (κ2) is 6.31. The van der Waals surface area contributed by atoms with Crippen LogP contribution in [0.5, 0.6) is 0 Å². The summed E-state index contributed by atoms with van der Waals surface area (Å²) in [5.41, 5.74) is 3.50. The minimum atomic E-state index is -0.419. The van der Waals surface area contributed by atoms with E-state index in [9.17, 15) is 14.9 Å². The second-order valence-corrected chi connectivity index (χ2v) is 5.99. The summed E-state index contributed by atoms with van der Waals surface area (Å²) < 4.78 is 0. The Labute approximate surface area is 140 Å². The molecule has 0 saturated carbocycles. The second-order valence-electron chi connectivity index (χ2n) is 5.99. The van der Waals surface area contributed by atoms with Gasteiger partial charge in [0.25, 0.3) is 5.69 Å². The maximum atomic E-state index is 12.7. The van der Waals surface area contributed by atoms with Gasteiger partial charge >= 0.3 is 0 Å². The highest BCUT2D eigenvalue weighted by Crippen LogP contribution is 2.28. The molecule has 1 heterocycles. The van der Waals surface area contributed by atoms with E-state index in [0.29, 0.717) is 17.8 Å². The number of nitrogens with one attached hydrogen (secondary N) is 1. The molecule has 0 spiro atoms. The van der Waals surface area contributed by atoms with Crippen LogP contribution in [0, 0.1) is 17.0 Å². The van der Waals surface area contributed by atoms with E-state index < -0.39 is 11.0 Å². The van der Waals surface area contributed by atoms with Crippen molar-refractivity contribution in [2.75, 3.05) is 16.8 Å². The van der Waals surface area contributed by atoms with Gasteiger partial charge in [0.15, 0.2) is 0 Å². The van der Waals surface area contributed by atoms with Crippen LogP contribution in [0.25, 0.3) is 0 Å². The fraction of sp³-hybridized carbons (Fsp3) is 0.278. The largest absolute Gasteiger partial charge is 0.374 e. The van der Waals surface area contributed by atoms with Crippen molar-refractivity contribution < 1.29 is 9.72 Å². The molecule has 2 aromatic rings. The Balaban J connectivity index is 1.74. The molecule has 6 heteroatoms. The van der Waals surface area contributed by atoms with Crippen LogP contribution in [0.1, 0.15) is 18.1 Å². The van der Waals surface area contributed by atoms with Gasteiger partial charge in [-0.1, -0.05) is 18.2 Å². The molecule has 3 rings (SSSR count). The van der Waals surface area contributed by atoms with E-state index in [1.165, 1.54) is 11.6 Å². The third kappa shape index (κ3) is 2.95. The first-order valence-corrected chi connectivity index (χ1v) is 7.88. The Bertz CT molecular complexity index is 804. The van der Waals surface area contributed by atoms with Crippen LogP contribution in [0.15, 0.2) is 42.5 Å². The average Bonchev–Trinajstić information content (AvgIpc) is 2.97. The molecule has 24 heavy (non-hydrogen) atoms. The lowest BCUT2D eigenvalue weighted by molar-refractivity contribution is -0.385. The summed E-state index contributed by atoms with van der Waals surface area (Å²) in [6, 6.07) is 12.3. The van der Waals surface area contributed by atoms with Crippen molar-refractivity contribution in [2.24, 2.45) is 0 Å². The van der Waals surface area contributed by atoms with Crippen molar-refractivity contribution >= 4 is 23.0 Å². The molecule has 1 atom stereocenters. The molecule has 1 unspecified atom stereocenters. The zero-order valence-electron chi connectivity index (χ0n) is 13.7. The summed E-state index contributed by atoms with van der Waals surface area (Å²) in [4.78, 5) is 25.0. The number of nitro groups is 1. The number of hydrogen-bond acceptors (Lipinski definition) is 4. The number of nitro benzene ring substituents is 1. The molecule has 0 aromatic heterocycles. The molecule has 1 amide bonds. The van der Waals surface area contributed by atoms with Gasteiger partial charge in [0.2, 0.25) is 5.91 Å². The van der Waals surface area contributed by atoms with Crippen molar-refractivity contribution in [2.45, 2.75) is 26.3 Å². The fourth-order valence-corrected chi connectivity index (χ4v) is 3.06. The normalized spacial score (nSPS) is 14.2. The predicted molar refractivity (Wildman–Crippen MR) is 93.4 cm³/mol. The van der Waals surface area contributed by atoms with E-state index in [4.69, 9.17) is 0 Å². The number of anilines is 2.